The fourth-order valence-electron chi connectivity index (χ4n) is 3.68. The molecule has 0 bridgehead atoms. The molecule has 1 amide bonds. The normalized spacial score (nSPS) is 17.0. The van der Waals surface area contributed by atoms with Crippen molar-refractivity contribution in [2.24, 2.45) is 20.0 Å². The summed E-state index contributed by atoms with van der Waals surface area (Å²) in [6.07, 6.45) is 4.54. The summed E-state index contributed by atoms with van der Waals surface area (Å²) in [7, 11) is 2.99. The zero-order valence-electron chi connectivity index (χ0n) is 16.6. The van der Waals surface area contributed by atoms with Gasteiger partial charge in [0.2, 0.25) is 0 Å². The Labute approximate surface area is 181 Å². The van der Waals surface area contributed by atoms with Crippen molar-refractivity contribution in [3.05, 3.63) is 38.7 Å². The summed E-state index contributed by atoms with van der Waals surface area (Å²) < 4.78 is 2.35. The van der Waals surface area contributed by atoms with Gasteiger partial charge in [-0.1, -0.05) is 0 Å². The molecule has 1 N–H and O–H groups in total. The molecule has 0 radical (unpaired) electrons. The summed E-state index contributed by atoms with van der Waals surface area (Å²) in [6.45, 7) is 2.47. The average Bonchev–Trinajstić information content (AvgIpc) is 3.53. The molecule has 1 saturated carbocycles. The van der Waals surface area contributed by atoms with Crippen LogP contribution in [0.3, 0.4) is 0 Å². The van der Waals surface area contributed by atoms with Crippen LogP contribution in [0.1, 0.15) is 36.2 Å². The third-order valence-corrected chi connectivity index (χ3v) is 5.70. The van der Waals surface area contributed by atoms with Gasteiger partial charge >= 0.3 is 5.69 Å². The molecule has 0 atom stereocenters. The maximum absolute atomic E-state index is 12.8. The maximum Gasteiger partial charge on any atom is 0.332 e. The number of hydrogen-bond donors (Lipinski definition) is 1. The van der Waals surface area contributed by atoms with Crippen LogP contribution in [0.25, 0.3) is 11.0 Å². The number of nitrogens with one attached hydrogen (secondary N) is 1. The second kappa shape index (κ2) is 9.28. The van der Waals surface area contributed by atoms with E-state index < -0.39 is 11.2 Å². The van der Waals surface area contributed by atoms with Crippen LogP contribution in [0, 0.1) is 5.92 Å². The van der Waals surface area contributed by atoms with E-state index in [0.29, 0.717) is 24.5 Å². The molecule has 8 nitrogen and oxygen atoms in total. The first kappa shape index (κ1) is 23.4. The third-order valence-electron chi connectivity index (χ3n) is 5.70. The van der Waals surface area contributed by atoms with Gasteiger partial charge in [0.05, 0.1) is 5.39 Å². The minimum absolute atomic E-state index is 0. The van der Waals surface area contributed by atoms with Gasteiger partial charge in [-0.15, -0.1) is 24.8 Å². The van der Waals surface area contributed by atoms with Crippen molar-refractivity contribution in [3.8, 4) is 0 Å². The van der Waals surface area contributed by atoms with Gasteiger partial charge < -0.3 is 10.2 Å². The van der Waals surface area contributed by atoms with Gasteiger partial charge in [-0.3, -0.25) is 18.7 Å². The molecule has 0 unspecified atom stereocenters. The van der Waals surface area contributed by atoms with Crippen LogP contribution in [0.5, 0.6) is 0 Å². The van der Waals surface area contributed by atoms with Crippen molar-refractivity contribution < 1.29 is 4.79 Å². The van der Waals surface area contributed by atoms with Gasteiger partial charge in [-0.05, 0) is 50.3 Å². The number of nitrogens with zero attached hydrogens (tertiary/aromatic N) is 4. The summed E-state index contributed by atoms with van der Waals surface area (Å²) in [5, 5.41) is 3.94. The smallest absolute Gasteiger partial charge is 0.332 e. The summed E-state index contributed by atoms with van der Waals surface area (Å²) in [6, 6.07) is 3.64. The lowest BCUT2D eigenvalue weighted by Crippen LogP contribution is -2.45. The van der Waals surface area contributed by atoms with Crippen molar-refractivity contribution >= 4 is 41.8 Å². The third kappa shape index (κ3) is 4.65. The van der Waals surface area contributed by atoms with E-state index in [1.54, 1.807) is 19.2 Å². The van der Waals surface area contributed by atoms with Gasteiger partial charge in [-0.2, -0.15) is 0 Å². The van der Waals surface area contributed by atoms with Crippen LogP contribution >= 0.6 is 24.8 Å². The standard InChI is InChI=1S/C19H25N5O3.2ClH/c1-22-16-14(17(25)23(2)19(22)27)5-6-15(21-16)18(26)24-9-7-13(8-10-24)20-11-12-3-4-12;;/h5-6,12-13,20H,3-4,7-11H2,1-2H3;2*1H. The summed E-state index contributed by atoms with van der Waals surface area (Å²) in [4.78, 5) is 43.4. The molecule has 1 aliphatic heterocycles. The first-order chi connectivity index (χ1) is 13.0. The number of piperidine rings is 1. The number of aryl methyl sites for hydroxylation is 1. The maximum atomic E-state index is 12.8. The molecular formula is C19H27Cl2N5O3. The van der Waals surface area contributed by atoms with E-state index in [9.17, 15) is 14.4 Å². The number of carbonyl (C=O) groups is 1. The Bertz CT molecular complexity index is 1010. The van der Waals surface area contributed by atoms with Crippen molar-refractivity contribution in [1.29, 1.82) is 0 Å². The first-order valence-electron chi connectivity index (χ1n) is 9.55. The molecule has 0 spiro atoms. The fourth-order valence-corrected chi connectivity index (χ4v) is 3.68. The molecule has 2 aromatic rings. The highest BCUT2D eigenvalue weighted by molar-refractivity contribution is 5.94. The summed E-state index contributed by atoms with van der Waals surface area (Å²) in [5.74, 6) is 0.705. The van der Waals surface area contributed by atoms with Crippen molar-refractivity contribution in [2.45, 2.75) is 31.7 Å². The lowest BCUT2D eigenvalue weighted by Gasteiger charge is -2.32. The highest BCUT2D eigenvalue weighted by Gasteiger charge is 2.27. The van der Waals surface area contributed by atoms with Crippen LogP contribution in [-0.2, 0) is 14.1 Å². The number of aromatic nitrogens is 3. The Kier molecular flexibility index (Phi) is 7.48. The largest absolute Gasteiger partial charge is 0.337 e. The van der Waals surface area contributed by atoms with Crippen molar-refractivity contribution in [3.63, 3.8) is 0 Å². The molecule has 10 heteroatoms. The zero-order chi connectivity index (χ0) is 19.1. The van der Waals surface area contributed by atoms with E-state index in [2.05, 4.69) is 10.3 Å². The Hall–Kier alpha value is -1.90. The second-order valence-corrected chi connectivity index (χ2v) is 7.69. The van der Waals surface area contributed by atoms with E-state index >= 15 is 0 Å². The number of hydrogen-bond acceptors (Lipinski definition) is 5. The monoisotopic (exact) mass is 443 g/mol. The van der Waals surface area contributed by atoms with E-state index in [1.165, 1.54) is 24.5 Å². The quantitative estimate of drug-likeness (QED) is 0.763. The number of halogens is 2. The molecule has 2 fully saturated rings. The van der Waals surface area contributed by atoms with Crippen LogP contribution in [0.4, 0.5) is 0 Å². The zero-order valence-corrected chi connectivity index (χ0v) is 18.2. The lowest BCUT2D eigenvalue weighted by atomic mass is 10.0. The predicted molar refractivity (Wildman–Crippen MR) is 116 cm³/mol. The van der Waals surface area contributed by atoms with Crippen LogP contribution in [-0.4, -0.2) is 50.6 Å². The highest BCUT2D eigenvalue weighted by Crippen LogP contribution is 2.28. The van der Waals surface area contributed by atoms with E-state index in [1.807, 2.05) is 4.90 Å². The molecule has 2 aliphatic rings. The van der Waals surface area contributed by atoms with Gasteiger partial charge in [0.15, 0.2) is 0 Å². The minimum Gasteiger partial charge on any atom is -0.337 e. The highest BCUT2D eigenvalue weighted by atomic mass is 35.5. The van der Waals surface area contributed by atoms with E-state index in [4.69, 9.17) is 0 Å². The molecule has 160 valence electrons. The summed E-state index contributed by atoms with van der Waals surface area (Å²) in [5.41, 5.74) is -0.334. The second-order valence-electron chi connectivity index (χ2n) is 7.69. The van der Waals surface area contributed by atoms with Gasteiger partial charge in [-0.25, -0.2) is 9.78 Å². The molecule has 3 heterocycles. The van der Waals surface area contributed by atoms with Crippen LogP contribution in [0.15, 0.2) is 21.7 Å². The molecule has 1 aliphatic carbocycles. The Morgan fingerprint density at radius 1 is 1.07 bits per heavy atom. The predicted octanol–water partition coefficient (Wildman–Crippen LogP) is 1.08. The lowest BCUT2D eigenvalue weighted by molar-refractivity contribution is 0.0699. The molecule has 29 heavy (non-hydrogen) atoms. The number of pyridine rings is 1. The Morgan fingerprint density at radius 3 is 2.34 bits per heavy atom. The fraction of sp³-hybridized carbons (Fsp3) is 0.579. The molecular weight excluding hydrogens is 417 g/mol. The number of likely N-dealkylation sites (tertiary alicyclic amines) is 1. The van der Waals surface area contributed by atoms with Gasteiger partial charge in [0, 0.05) is 33.2 Å². The molecule has 4 rings (SSSR count). The topological polar surface area (TPSA) is 89.2 Å². The number of rotatable bonds is 4. The van der Waals surface area contributed by atoms with Crippen LogP contribution in [0.2, 0.25) is 0 Å². The van der Waals surface area contributed by atoms with Crippen molar-refractivity contribution in [2.75, 3.05) is 19.6 Å². The van der Waals surface area contributed by atoms with E-state index in [0.717, 1.165) is 29.9 Å². The molecule has 0 aromatic carbocycles. The number of amides is 1. The van der Waals surface area contributed by atoms with E-state index in [-0.39, 0.29) is 42.1 Å². The van der Waals surface area contributed by atoms with Gasteiger partial charge in [0.1, 0.15) is 11.3 Å². The summed E-state index contributed by atoms with van der Waals surface area (Å²) >= 11 is 0. The van der Waals surface area contributed by atoms with Crippen molar-refractivity contribution in [1.82, 2.24) is 24.3 Å². The minimum atomic E-state index is -0.452. The SMILES string of the molecule is Cl.Cl.Cn1c(=O)c2ccc(C(=O)N3CCC(NCC4CC4)CC3)nc2n(C)c1=O. The Balaban J connectivity index is 0.00000150. The van der Waals surface area contributed by atoms with Crippen LogP contribution < -0.4 is 16.6 Å². The Morgan fingerprint density at radius 2 is 1.72 bits per heavy atom. The number of fused-ring (bicyclic) bond motifs is 1. The van der Waals surface area contributed by atoms with Gasteiger partial charge in [0.25, 0.3) is 11.5 Å². The molecule has 1 saturated heterocycles. The average molecular weight is 444 g/mol. The molecule has 2 aromatic heterocycles. The number of carbonyl (C=O) groups excluding carboxylic acids is 1. The first-order valence-corrected chi connectivity index (χ1v) is 9.55.